The van der Waals surface area contributed by atoms with Crippen molar-refractivity contribution in [2.75, 3.05) is 18.2 Å². The summed E-state index contributed by atoms with van der Waals surface area (Å²) in [5.74, 6) is 2.43. The van der Waals surface area contributed by atoms with Gasteiger partial charge in [0.25, 0.3) is 0 Å². The number of carbonyl (C=O) groups is 1. The second kappa shape index (κ2) is 7.00. The van der Waals surface area contributed by atoms with Crippen molar-refractivity contribution in [3.8, 4) is 5.75 Å². The molecular formula is C14H16N2O3S. The maximum Gasteiger partial charge on any atom is 0.234 e. The molecular weight excluding hydrogens is 276 g/mol. The summed E-state index contributed by atoms with van der Waals surface area (Å²) in [4.78, 5) is 11.8. The van der Waals surface area contributed by atoms with Crippen LogP contribution in [0.4, 0.5) is 5.69 Å². The Morgan fingerprint density at radius 1 is 1.45 bits per heavy atom. The number of hydrogen-bond donors (Lipinski definition) is 1. The van der Waals surface area contributed by atoms with E-state index in [9.17, 15) is 4.79 Å². The third-order valence-electron chi connectivity index (χ3n) is 2.51. The molecule has 0 saturated carbocycles. The normalized spacial score (nSPS) is 10.3. The number of benzene rings is 1. The van der Waals surface area contributed by atoms with E-state index in [1.54, 1.807) is 13.2 Å². The molecule has 1 aromatic heterocycles. The first-order valence-electron chi connectivity index (χ1n) is 6.11. The Morgan fingerprint density at radius 2 is 2.30 bits per heavy atom. The molecule has 0 aliphatic heterocycles. The van der Waals surface area contributed by atoms with E-state index in [4.69, 9.17) is 9.26 Å². The van der Waals surface area contributed by atoms with Gasteiger partial charge in [0.15, 0.2) is 0 Å². The predicted octanol–water partition coefficient (Wildman–Crippen LogP) is 2.86. The molecule has 0 radical (unpaired) electrons. The summed E-state index contributed by atoms with van der Waals surface area (Å²) in [6, 6.07) is 9.13. The first kappa shape index (κ1) is 14.5. The van der Waals surface area contributed by atoms with E-state index >= 15 is 0 Å². The number of aryl methyl sites for hydroxylation is 1. The number of amides is 1. The first-order valence-corrected chi connectivity index (χ1v) is 7.26. The summed E-state index contributed by atoms with van der Waals surface area (Å²) < 4.78 is 10.2. The molecule has 5 nitrogen and oxygen atoms in total. The maximum absolute atomic E-state index is 11.8. The molecule has 0 spiro atoms. The Morgan fingerprint density at radius 3 is 3.00 bits per heavy atom. The molecule has 106 valence electrons. The summed E-state index contributed by atoms with van der Waals surface area (Å²) in [6.45, 7) is 1.87. The highest BCUT2D eigenvalue weighted by molar-refractivity contribution is 7.99. The maximum atomic E-state index is 11.8. The van der Waals surface area contributed by atoms with Crippen molar-refractivity contribution in [1.82, 2.24) is 5.16 Å². The van der Waals surface area contributed by atoms with Gasteiger partial charge in [0.1, 0.15) is 11.5 Å². The highest BCUT2D eigenvalue weighted by atomic mass is 32.2. The van der Waals surface area contributed by atoms with Gasteiger partial charge in [-0.15, -0.1) is 11.8 Å². The van der Waals surface area contributed by atoms with Crippen molar-refractivity contribution in [2.24, 2.45) is 0 Å². The third kappa shape index (κ3) is 4.31. The molecule has 1 N–H and O–H groups in total. The fraction of sp³-hybridized carbons (Fsp3) is 0.286. The largest absolute Gasteiger partial charge is 0.497 e. The van der Waals surface area contributed by atoms with E-state index in [0.717, 1.165) is 17.1 Å². The van der Waals surface area contributed by atoms with Crippen LogP contribution in [0.25, 0.3) is 0 Å². The molecule has 0 unspecified atom stereocenters. The molecule has 6 heteroatoms. The zero-order valence-electron chi connectivity index (χ0n) is 11.4. The van der Waals surface area contributed by atoms with Crippen molar-refractivity contribution in [2.45, 2.75) is 12.7 Å². The Bertz CT molecular complexity index is 583. The fourth-order valence-electron chi connectivity index (χ4n) is 1.63. The third-order valence-corrected chi connectivity index (χ3v) is 3.46. The van der Waals surface area contributed by atoms with Crippen molar-refractivity contribution >= 4 is 23.4 Å². The molecule has 0 bridgehead atoms. The van der Waals surface area contributed by atoms with Crippen molar-refractivity contribution in [3.63, 3.8) is 0 Å². The number of methoxy groups -OCH3 is 1. The second-order valence-electron chi connectivity index (χ2n) is 4.21. The van der Waals surface area contributed by atoms with Gasteiger partial charge in [0.05, 0.1) is 24.3 Å². The Hall–Kier alpha value is -1.95. The molecule has 0 saturated heterocycles. The number of rotatable bonds is 6. The van der Waals surface area contributed by atoms with E-state index in [-0.39, 0.29) is 5.91 Å². The molecule has 0 aliphatic carbocycles. The molecule has 1 aromatic carbocycles. The number of aromatic nitrogens is 1. The smallest absolute Gasteiger partial charge is 0.234 e. The van der Waals surface area contributed by atoms with Crippen LogP contribution < -0.4 is 10.1 Å². The van der Waals surface area contributed by atoms with Crippen LogP contribution in [0.3, 0.4) is 0 Å². The first-order chi connectivity index (χ1) is 9.67. The molecule has 2 rings (SSSR count). The summed E-state index contributed by atoms with van der Waals surface area (Å²) >= 11 is 1.48. The van der Waals surface area contributed by atoms with Crippen LogP contribution in [0.2, 0.25) is 0 Å². The van der Waals surface area contributed by atoms with Crippen molar-refractivity contribution in [1.29, 1.82) is 0 Å². The zero-order chi connectivity index (χ0) is 14.4. The van der Waals surface area contributed by atoms with Crippen LogP contribution in [0.5, 0.6) is 5.75 Å². The number of carbonyl (C=O) groups excluding carboxylic acids is 1. The molecule has 0 aliphatic rings. The standard InChI is InChI=1S/C14H16N2O3S/c1-10-6-13(19-16-10)8-20-9-14(17)15-11-4-3-5-12(7-11)18-2/h3-7H,8-9H2,1-2H3,(H,15,17). The van der Waals surface area contributed by atoms with Gasteiger partial charge in [-0.25, -0.2) is 0 Å². The van der Waals surface area contributed by atoms with Crippen LogP contribution in [0.15, 0.2) is 34.9 Å². The zero-order valence-corrected chi connectivity index (χ0v) is 12.2. The molecule has 1 amide bonds. The minimum atomic E-state index is -0.0560. The summed E-state index contributed by atoms with van der Waals surface area (Å²) in [6.07, 6.45) is 0. The van der Waals surface area contributed by atoms with E-state index in [0.29, 0.717) is 17.3 Å². The molecule has 0 fully saturated rings. The number of nitrogens with zero attached hydrogens (tertiary/aromatic N) is 1. The highest BCUT2D eigenvalue weighted by Crippen LogP contribution is 2.18. The number of hydrogen-bond acceptors (Lipinski definition) is 5. The Balaban J connectivity index is 1.77. The lowest BCUT2D eigenvalue weighted by molar-refractivity contribution is -0.113. The number of nitrogens with one attached hydrogen (secondary N) is 1. The lowest BCUT2D eigenvalue weighted by Gasteiger charge is -2.06. The minimum Gasteiger partial charge on any atom is -0.497 e. The number of anilines is 1. The molecule has 2 aromatic rings. The summed E-state index contributed by atoms with van der Waals surface area (Å²) in [7, 11) is 1.59. The topological polar surface area (TPSA) is 64.4 Å². The second-order valence-corrected chi connectivity index (χ2v) is 5.19. The van der Waals surface area contributed by atoms with E-state index < -0.39 is 0 Å². The average Bonchev–Trinajstić information content (AvgIpc) is 2.84. The SMILES string of the molecule is COc1cccc(NC(=O)CSCc2cc(C)no2)c1. The van der Waals surface area contributed by atoms with Gasteiger partial charge >= 0.3 is 0 Å². The van der Waals surface area contributed by atoms with Gasteiger partial charge in [0, 0.05) is 17.8 Å². The lowest BCUT2D eigenvalue weighted by Crippen LogP contribution is -2.14. The van der Waals surface area contributed by atoms with Gasteiger partial charge in [-0.05, 0) is 19.1 Å². The van der Waals surface area contributed by atoms with Crippen LogP contribution in [0, 0.1) is 6.92 Å². The summed E-state index contributed by atoms with van der Waals surface area (Å²) in [5, 5.41) is 6.62. The molecule has 1 heterocycles. The van der Waals surface area contributed by atoms with Gasteiger partial charge in [-0.3, -0.25) is 4.79 Å². The van der Waals surface area contributed by atoms with Crippen molar-refractivity contribution in [3.05, 3.63) is 41.8 Å². The predicted molar refractivity (Wildman–Crippen MR) is 79.0 cm³/mol. The van der Waals surface area contributed by atoms with Gasteiger partial charge in [-0.2, -0.15) is 0 Å². The summed E-state index contributed by atoms with van der Waals surface area (Å²) in [5.41, 5.74) is 1.58. The van der Waals surface area contributed by atoms with Crippen LogP contribution >= 0.6 is 11.8 Å². The van der Waals surface area contributed by atoms with Crippen LogP contribution in [-0.4, -0.2) is 23.9 Å². The van der Waals surface area contributed by atoms with Crippen LogP contribution in [0.1, 0.15) is 11.5 Å². The van der Waals surface area contributed by atoms with Crippen molar-refractivity contribution < 1.29 is 14.1 Å². The van der Waals surface area contributed by atoms with Gasteiger partial charge in [0.2, 0.25) is 5.91 Å². The highest BCUT2D eigenvalue weighted by Gasteiger charge is 2.06. The van der Waals surface area contributed by atoms with Gasteiger partial charge in [-0.1, -0.05) is 11.2 Å². The number of ether oxygens (including phenoxy) is 1. The van der Waals surface area contributed by atoms with Gasteiger partial charge < -0.3 is 14.6 Å². The Labute approximate surface area is 121 Å². The van der Waals surface area contributed by atoms with Crippen LogP contribution in [-0.2, 0) is 10.5 Å². The quantitative estimate of drug-likeness (QED) is 0.887. The van der Waals surface area contributed by atoms with E-state index in [1.807, 2.05) is 31.2 Å². The molecule has 0 atom stereocenters. The lowest BCUT2D eigenvalue weighted by atomic mass is 10.3. The monoisotopic (exact) mass is 292 g/mol. The number of thioether (sulfide) groups is 1. The van der Waals surface area contributed by atoms with E-state index in [2.05, 4.69) is 10.5 Å². The minimum absolute atomic E-state index is 0.0560. The van der Waals surface area contributed by atoms with E-state index in [1.165, 1.54) is 11.8 Å². The average molecular weight is 292 g/mol. The molecule has 20 heavy (non-hydrogen) atoms. The Kier molecular flexibility index (Phi) is 5.06. The fourth-order valence-corrected chi connectivity index (χ4v) is 2.32.